The smallest absolute Gasteiger partial charge is 0.270 e. The van der Waals surface area contributed by atoms with Crippen molar-refractivity contribution in [1.29, 1.82) is 0 Å². The van der Waals surface area contributed by atoms with E-state index in [2.05, 4.69) is 5.32 Å². The van der Waals surface area contributed by atoms with Crippen LogP contribution in [0.3, 0.4) is 0 Å². The predicted octanol–water partition coefficient (Wildman–Crippen LogP) is 0.584. The Morgan fingerprint density at radius 2 is 1.93 bits per heavy atom. The molecular formula is C22H25Cl2N2O3-. The van der Waals surface area contributed by atoms with Gasteiger partial charge in [0.25, 0.3) is 5.91 Å². The number of ether oxygens (including phenoxy) is 2. The van der Waals surface area contributed by atoms with Gasteiger partial charge in [0.05, 0.1) is 12.1 Å². The number of hydrogen-bond acceptors (Lipinski definition) is 4. The van der Waals surface area contributed by atoms with E-state index in [9.17, 15) is 4.79 Å². The van der Waals surface area contributed by atoms with Crippen molar-refractivity contribution >= 4 is 23.2 Å². The Kier molecular flexibility index (Phi) is 7.41. The van der Waals surface area contributed by atoms with Crippen molar-refractivity contribution in [3.63, 3.8) is 0 Å². The topological polar surface area (TPSA) is 50.8 Å². The Morgan fingerprint density at radius 1 is 1.17 bits per heavy atom. The van der Waals surface area contributed by atoms with Crippen LogP contribution in [-0.4, -0.2) is 43.9 Å². The number of para-hydroxylation sites is 1. The monoisotopic (exact) mass is 435 g/mol. The Hall–Kier alpha value is -1.79. The summed E-state index contributed by atoms with van der Waals surface area (Å²) in [7, 11) is 0. The first-order valence-electron chi connectivity index (χ1n) is 9.77. The summed E-state index contributed by atoms with van der Waals surface area (Å²) in [5.41, 5.74) is 2.01. The molecule has 2 aromatic rings. The highest BCUT2D eigenvalue weighted by atomic mass is 35.5. The summed E-state index contributed by atoms with van der Waals surface area (Å²) in [6, 6.07) is 15.0. The van der Waals surface area contributed by atoms with Gasteiger partial charge < -0.3 is 32.1 Å². The molecule has 0 aromatic heterocycles. The second-order valence-electron chi connectivity index (χ2n) is 7.35. The molecule has 0 aliphatic carbocycles. The molecule has 4 rings (SSSR count). The van der Waals surface area contributed by atoms with Gasteiger partial charge in [-0.2, -0.15) is 0 Å². The molecule has 2 aliphatic heterocycles. The first-order chi connectivity index (χ1) is 13.6. The van der Waals surface area contributed by atoms with Crippen LogP contribution in [0.15, 0.2) is 48.5 Å². The summed E-state index contributed by atoms with van der Waals surface area (Å²) >= 11 is 5.95. The number of β-lactam (4-membered cyclic amide) rings is 1. The first-order valence-corrected chi connectivity index (χ1v) is 10.1. The maximum atomic E-state index is 12.9. The third kappa shape index (κ3) is 4.86. The van der Waals surface area contributed by atoms with Crippen molar-refractivity contribution in [2.75, 3.05) is 24.6 Å². The highest BCUT2D eigenvalue weighted by Crippen LogP contribution is 2.33. The van der Waals surface area contributed by atoms with E-state index in [1.807, 2.05) is 36.1 Å². The van der Waals surface area contributed by atoms with Crippen LogP contribution in [0, 0.1) is 6.92 Å². The van der Waals surface area contributed by atoms with E-state index in [-0.39, 0.29) is 30.5 Å². The minimum absolute atomic E-state index is 0. The molecule has 2 heterocycles. The Bertz CT molecular complexity index is 825. The average molecular weight is 436 g/mol. The number of amides is 1. The maximum Gasteiger partial charge on any atom is 0.270 e. The van der Waals surface area contributed by atoms with E-state index in [1.54, 1.807) is 24.3 Å². The van der Waals surface area contributed by atoms with Crippen LogP contribution < -0.4 is 27.4 Å². The van der Waals surface area contributed by atoms with E-state index < -0.39 is 6.10 Å². The largest absolute Gasteiger partial charge is 1.00 e. The molecule has 1 N–H and O–H groups in total. The van der Waals surface area contributed by atoms with E-state index in [1.165, 1.54) is 0 Å². The quantitative estimate of drug-likeness (QED) is 0.646. The van der Waals surface area contributed by atoms with Gasteiger partial charge in [-0.05, 0) is 55.7 Å². The molecule has 5 nitrogen and oxygen atoms in total. The van der Waals surface area contributed by atoms with Gasteiger partial charge in [-0.3, -0.25) is 4.79 Å². The highest BCUT2D eigenvalue weighted by Gasteiger charge is 2.50. The van der Waals surface area contributed by atoms with E-state index in [4.69, 9.17) is 21.1 Å². The fourth-order valence-electron chi connectivity index (χ4n) is 3.83. The number of anilines is 1. The average Bonchev–Trinajstić information content (AvgIpc) is 3.21. The van der Waals surface area contributed by atoms with Gasteiger partial charge in [-0.15, -0.1) is 0 Å². The molecule has 29 heavy (non-hydrogen) atoms. The summed E-state index contributed by atoms with van der Waals surface area (Å²) in [4.78, 5) is 14.8. The maximum absolute atomic E-state index is 12.9. The van der Waals surface area contributed by atoms with Crippen molar-refractivity contribution in [3.8, 4) is 5.75 Å². The molecule has 0 saturated carbocycles. The van der Waals surface area contributed by atoms with Crippen LogP contribution in [-0.2, 0) is 9.53 Å². The molecule has 1 amide bonds. The number of nitrogens with zero attached hydrogens (tertiary/aromatic N) is 1. The van der Waals surface area contributed by atoms with Gasteiger partial charge in [0.2, 0.25) is 0 Å². The van der Waals surface area contributed by atoms with Crippen molar-refractivity contribution in [2.45, 2.75) is 38.0 Å². The van der Waals surface area contributed by atoms with Crippen LogP contribution in [0.5, 0.6) is 5.75 Å². The van der Waals surface area contributed by atoms with E-state index >= 15 is 0 Å². The Balaban J connectivity index is 0.00000240. The number of halogens is 2. The van der Waals surface area contributed by atoms with Gasteiger partial charge in [-0.25, -0.2) is 0 Å². The number of hydrogen-bond donors (Lipinski definition) is 1. The zero-order chi connectivity index (χ0) is 19.5. The van der Waals surface area contributed by atoms with Gasteiger partial charge in [-0.1, -0.05) is 29.8 Å². The predicted molar refractivity (Wildman–Crippen MR) is 110 cm³/mol. The van der Waals surface area contributed by atoms with Crippen LogP contribution in [0.4, 0.5) is 5.69 Å². The van der Waals surface area contributed by atoms with Crippen LogP contribution >= 0.6 is 11.6 Å². The molecule has 156 valence electrons. The van der Waals surface area contributed by atoms with Gasteiger partial charge in [0.1, 0.15) is 5.75 Å². The molecule has 2 aromatic carbocycles. The molecule has 2 fully saturated rings. The number of nitrogens with one attached hydrogen (secondary N) is 1. The third-order valence-corrected chi connectivity index (χ3v) is 5.62. The summed E-state index contributed by atoms with van der Waals surface area (Å²) in [6.07, 6.45) is 1.95. The summed E-state index contributed by atoms with van der Waals surface area (Å²) < 4.78 is 11.7. The minimum Gasteiger partial charge on any atom is -1.00 e. The number of carbonyl (C=O) groups excluding carboxylic acids is 1. The van der Waals surface area contributed by atoms with Gasteiger partial charge in [0.15, 0.2) is 6.10 Å². The second-order valence-corrected chi connectivity index (χ2v) is 7.78. The fourth-order valence-corrected chi connectivity index (χ4v) is 3.96. The summed E-state index contributed by atoms with van der Waals surface area (Å²) in [5.74, 6) is 0.629. The molecule has 2 saturated heterocycles. The van der Waals surface area contributed by atoms with Crippen molar-refractivity contribution in [3.05, 3.63) is 59.1 Å². The molecular weight excluding hydrogens is 411 g/mol. The number of benzene rings is 2. The molecule has 0 spiro atoms. The fraction of sp³-hybridized carbons (Fsp3) is 0.409. The standard InChI is InChI=1S/C22H25ClN2O3.ClH/c1-15-5-2-3-7-19(15)25-20(14-24-13-18-6-4-12-27-18)21(22(25)26)28-17-10-8-16(23)9-11-17;/h2-3,5,7-11,18,20-21,24H,4,6,12-14H2,1H3;1H/p-1. The molecule has 0 bridgehead atoms. The number of rotatable bonds is 7. The van der Waals surface area contributed by atoms with Crippen LogP contribution in [0.2, 0.25) is 5.02 Å². The van der Waals surface area contributed by atoms with Crippen LogP contribution in [0.1, 0.15) is 18.4 Å². The number of aryl methyl sites for hydroxylation is 1. The molecule has 0 radical (unpaired) electrons. The molecule has 2 aliphatic rings. The lowest BCUT2D eigenvalue weighted by Gasteiger charge is -2.47. The first kappa shape index (κ1) is 21.9. The Morgan fingerprint density at radius 3 is 2.62 bits per heavy atom. The molecule has 3 atom stereocenters. The van der Waals surface area contributed by atoms with Crippen molar-refractivity contribution in [2.24, 2.45) is 0 Å². The van der Waals surface area contributed by atoms with Gasteiger partial charge >= 0.3 is 0 Å². The van der Waals surface area contributed by atoms with E-state index in [0.717, 1.165) is 37.2 Å². The zero-order valence-corrected chi connectivity index (χ0v) is 17.8. The van der Waals surface area contributed by atoms with Gasteiger partial charge in [0, 0.05) is 30.4 Å². The third-order valence-electron chi connectivity index (χ3n) is 5.36. The Labute approximate surface area is 182 Å². The number of carbonyl (C=O) groups is 1. The van der Waals surface area contributed by atoms with E-state index in [0.29, 0.717) is 17.3 Å². The summed E-state index contributed by atoms with van der Waals surface area (Å²) in [5, 5.41) is 4.12. The normalized spacial score (nSPS) is 23.4. The lowest BCUT2D eigenvalue weighted by atomic mass is 9.95. The highest BCUT2D eigenvalue weighted by molar-refractivity contribution is 6.30. The van der Waals surface area contributed by atoms with Crippen molar-refractivity contribution in [1.82, 2.24) is 5.32 Å². The molecule has 7 heteroatoms. The van der Waals surface area contributed by atoms with Crippen LogP contribution in [0.25, 0.3) is 0 Å². The molecule has 3 unspecified atom stereocenters. The lowest BCUT2D eigenvalue weighted by Crippen LogP contribution is -3.00. The SMILES string of the molecule is Cc1ccccc1N1C(=O)C(Oc2ccc(Cl)cc2)C1CNCC1CCCO1.[Cl-]. The summed E-state index contributed by atoms with van der Waals surface area (Å²) in [6.45, 7) is 4.30. The van der Waals surface area contributed by atoms with Crippen molar-refractivity contribution < 1.29 is 26.7 Å². The lowest BCUT2D eigenvalue weighted by molar-refractivity contribution is -0.134. The second kappa shape index (κ2) is 9.81. The zero-order valence-electron chi connectivity index (χ0n) is 16.3. The minimum atomic E-state index is -0.516.